The zero-order valence-corrected chi connectivity index (χ0v) is 20.6. The molecule has 0 aromatic heterocycles. The van der Waals surface area contributed by atoms with E-state index in [-0.39, 0.29) is 17.4 Å². The number of rotatable bonds is 3. The maximum atomic E-state index is 13.4. The monoisotopic (exact) mass is 448 g/mol. The van der Waals surface area contributed by atoms with Gasteiger partial charge in [-0.25, -0.2) is 0 Å². The number of fused-ring (bicyclic) bond motifs is 1. The Morgan fingerprint density at radius 1 is 1.03 bits per heavy atom. The van der Waals surface area contributed by atoms with E-state index in [4.69, 9.17) is 4.74 Å². The van der Waals surface area contributed by atoms with Crippen LogP contribution in [0.4, 0.5) is 0 Å². The second-order valence-electron chi connectivity index (χ2n) is 10.5. The number of nitrogens with one attached hydrogen (secondary N) is 1. The molecule has 33 heavy (non-hydrogen) atoms. The lowest BCUT2D eigenvalue weighted by atomic mass is 9.73. The highest BCUT2D eigenvalue weighted by atomic mass is 16.5. The number of benzene rings is 2. The first-order chi connectivity index (χ1) is 15.9. The van der Waals surface area contributed by atoms with Crippen molar-refractivity contribution in [1.82, 2.24) is 10.2 Å². The second-order valence-corrected chi connectivity index (χ2v) is 10.5. The van der Waals surface area contributed by atoms with Crippen LogP contribution in [0, 0.1) is 5.41 Å². The van der Waals surface area contributed by atoms with Gasteiger partial charge in [-0.15, -0.1) is 0 Å². The zero-order valence-electron chi connectivity index (χ0n) is 20.6. The number of hydrogen-bond acceptors (Lipinski definition) is 3. The highest BCUT2D eigenvalue weighted by Gasteiger charge is 2.41. The smallest absolute Gasteiger partial charge is 0.226 e. The number of aryl methyl sites for hydroxylation is 1. The number of hydrogen-bond donors (Lipinski definition) is 1. The molecule has 1 atom stereocenters. The van der Waals surface area contributed by atoms with E-state index in [0.29, 0.717) is 12.5 Å². The Morgan fingerprint density at radius 3 is 2.48 bits per heavy atom. The van der Waals surface area contributed by atoms with Gasteiger partial charge in [-0.05, 0) is 80.8 Å². The third-order valence-electron chi connectivity index (χ3n) is 7.54. The molecule has 1 saturated heterocycles. The first kappa shape index (κ1) is 23.8. The Hall–Kier alpha value is -2.33. The topological polar surface area (TPSA) is 41.6 Å². The summed E-state index contributed by atoms with van der Waals surface area (Å²) in [7, 11) is 0. The van der Waals surface area contributed by atoms with E-state index < -0.39 is 0 Å². The molecule has 1 spiro atoms. The molecule has 1 amide bonds. The van der Waals surface area contributed by atoms with E-state index in [1.54, 1.807) is 0 Å². The molecule has 4 nitrogen and oxygen atoms in total. The van der Waals surface area contributed by atoms with Gasteiger partial charge in [0.2, 0.25) is 5.91 Å². The summed E-state index contributed by atoms with van der Waals surface area (Å²) < 4.78 is 6.08. The van der Waals surface area contributed by atoms with Crippen LogP contribution in [-0.2, 0) is 17.8 Å². The van der Waals surface area contributed by atoms with Crippen LogP contribution < -0.4 is 10.1 Å². The summed E-state index contributed by atoms with van der Waals surface area (Å²) in [4.78, 5) is 16.0. The first-order valence-electron chi connectivity index (χ1n) is 12.8. The number of carbonyl (C=O) groups excluding carboxylic acids is 1. The molecule has 0 radical (unpaired) electrons. The summed E-state index contributed by atoms with van der Waals surface area (Å²) in [5, 5.41) is 3.29. The Kier molecular flexibility index (Phi) is 7.75. The van der Waals surface area contributed by atoms with Crippen molar-refractivity contribution in [3.8, 4) is 5.75 Å². The Balaban J connectivity index is 1.39. The van der Waals surface area contributed by atoms with Gasteiger partial charge < -0.3 is 10.1 Å². The fraction of sp³-hybridized carbons (Fsp3) is 0.552. The summed E-state index contributed by atoms with van der Waals surface area (Å²) in [5.41, 5.74) is 3.79. The van der Waals surface area contributed by atoms with Gasteiger partial charge in [-0.2, -0.15) is 0 Å². The molecule has 178 valence electrons. The summed E-state index contributed by atoms with van der Waals surface area (Å²) >= 11 is 0. The second kappa shape index (κ2) is 10.7. The van der Waals surface area contributed by atoms with Crippen LogP contribution in [0.15, 0.2) is 48.5 Å². The molecule has 2 aromatic carbocycles. The van der Waals surface area contributed by atoms with E-state index in [1.165, 1.54) is 16.7 Å². The van der Waals surface area contributed by atoms with Crippen LogP contribution >= 0.6 is 0 Å². The average Bonchev–Trinajstić information content (AvgIpc) is 2.82. The number of piperidine rings is 1. The van der Waals surface area contributed by atoms with Crippen molar-refractivity contribution < 1.29 is 9.53 Å². The maximum Gasteiger partial charge on any atom is 0.226 e. The third-order valence-corrected chi connectivity index (χ3v) is 7.54. The quantitative estimate of drug-likeness (QED) is 0.655. The van der Waals surface area contributed by atoms with Gasteiger partial charge in [0.25, 0.3) is 0 Å². The molecule has 1 fully saturated rings. The summed E-state index contributed by atoms with van der Waals surface area (Å²) in [5.74, 6) is 1.76. The Morgan fingerprint density at radius 2 is 1.76 bits per heavy atom. The van der Waals surface area contributed by atoms with Gasteiger partial charge in [-0.1, -0.05) is 62.7 Å². The lowest BCUT2D eigenvalue weighted by molar-refractivity contribution is -0.135. The molecule has 2 heterocycles. The van der Waals surface area contributed by atoms with E-state index in [2.05, 4.69) is 67.4 Å². The van der Waals surface area contributed by atoms with E-state index in [0.717, 1.165) is 63.9 Å². The van der Waals surface area contributed by atoms with E-state index in [9.17, 15) is 4.79 Å². The van der Waals surface area contributed by atoms with Crippen LogP contribution in [0.5, 0.6) is 5.75 Å². The SMILES string of the molecule is CC(C)c1ccc(CN2CCC3(CCCCc4ccccc4OC[C@@H](C)NC3=O)CC2)cc1. The molecule has 4 rings (SSSR count). The Bertz CT molecular complexity index is 913. The molecule has 2 aromatic rings. The average molecular weight is 449 g/mol. The summed E-state index contributed by atoms with van der Waals surface area (Å²) in [6.07, 6.45) is 6.04. The van der Waals surface area contributed by atoms with Crippen LogP contribution in [-0.4, -0.2) is 36.5 Å². The Labute approximate surface area is 199 Å². The molecule has 2 aliphatic rings. The third kappa shape index (κ3) is 5.97. The highest BCUT2D eigenvalue weighted by molar-refractivity contribution is 5.83. The predicted molar refractivity (Wildman–Crippen MR) is 135 cm³/mol. The molecule has 0 unspecified atom stereocenters. The fourth-order valence-corrected chi connectivity index (χ4v) is 5.26. The molecular weight excluding hydrogens is 408 g/mol. The van der Waals surface area contributed by atoms with Crippen molar-refractivity contribution in [3.63, 3.8) is 0 Å². The maximum absolute atomic E-state index is 13.4. The summed E-state index contributed by atoms with van der Waals surface area (Å²) in [6, 6.07) is 17.4. The lowest BCUT2D eigenvalue weighted by Gasteiger charge is -2.41. The molecule has 0 saturated carbocycles. The largest absolute Gasteiger partial charge is 0.491 e. The van der Waals surface area contributed by atoms with Crippen LogP contribution in [0.3, 0.4) is 0 Å². The minimum Gasteiger partial charge on any atom is -0.491 e. The number of nitrogens with zero attached hydrogens (tertiary/aromatic N) is 1. The van der Waals surface area contributed by atoms with Gasteiger partial charge in [0.1, 0.15) is 12.4 Å². The van der Waals surface area contributed by atoms with Crippen molar-refractivity contribution in [3.05, 3.63) is 65.2 Å². The molecule has 0 aliphatic carbocycles. The van der Waals surface area contributed by atoms with Crippen molar-refractivity contribution in [2.45, 2.75) is 77.8 Å². The number of para-hydroxylation sites is 1. The van der Waals surface area contributed by atoms with E-state index >= 15 is 0 Å². The van der Waals surface area contributed by atoms with Crippen molar-refractivity contribution >= 4 is 5.91 Å². The van der Waals surface area contributed by atoms with Gasteiger partial charge in [0.15, 0.2) is 0 Å². The van der Waals surface area contributed by atoms with Gasteiger partial charge in [0.05, 0.1) is 11.5 Å². The van der Waals surface area contributed by atoms with Gasteiger partial charge in [-0.3, -0.25) is 9.69 Å². The number of carbonyl (C=O) groups is 1. The standard InChI is InChI=1S/C29H40N2O2/c1-22(2)25-13-11-24(12-14-25)20-31-18-16-29(17-19-31)15-7-6-9-26-8-4-5-10-27(26)33-21-23(3)30-28(29)32/h4-5,8,10-14,22-23H,6-7,9,15-21H2,1-3H3,(H,30,32)/t23-/m1/s1. The minimum absolute atomic E-state index is 0.000593. The van der Waals surface area contributed by atoms with Crippen molar-refractivity contribution in [1.29, 1.82) is 0 Å². The van der Waals surface area contributed by atoms with Crippen molar-refractivity contribution in [2.24, 2.45) is 5.41 Å². The number of amides is 1. The van der Waals surface area contributed by atoms with Crippen molar-refractivity contribution in [2.75, 3.05) is 19.7 Å². The van der Waals surface area contributed by atoms with Crippen LogP contribution in [0.1, 0.15) is 75.5 Å². The van der Waals surface area contributed by atoms with Crippen LogP contribution in [0.25, 0.3) is 0 Å². The van der Waals surface area contributed by atoms with E-state index in [1.807, 2.05) is 12.1 Å². The molecule has 1 N–H and O–H groups in total. The zero-order chi connectivity index (χ0) is 23.3. The normalized spacial score (nSPS) is 22.1. The van der Waals surface area contributed by atoms with Gasteiger partial charge >= 0.3 is 0 Å². The molecular formula is C29H40N2O2. The first-order valence-corrected chi connectivity index (χ1v) is 12.8. The highest BCUT2D eigenvalue weighted by Crippen LogP contribution is 2.38. The molecule has 4 heteroatoms. The minimum atomic E-state index is -0.245. The lowest BCUT2D eigenvalue weighted by Crippen LogP contribution is -2.51. The molecule has 2 aliphatic heterocycles. The predicted octanol–water partition coefficient (Wildman–Crippen LogP) is 5.70. The molecule has 0 bridgehead atoms. The number of ether oxygens (including phenoxy) is 1. The number of likely N-dealkylation sites (tertiary alicyclic amines) is 1. The fourth-order valence-electron chi connectivity index (χ4n) is 5.26. The summed E-state index contributed by atoms with van der Waals surface area (Å²) in [6.45, 7) is 9.96. The van der Waals surface area contributed by atoms with Gasteiger partial charge in [0, 0.05) is 6.54 Å². The van der Waals surface area contributed by atoms with Crippen LogP contribution in [0.2, 0.25) is 0 Å².